The van der Waals surface area contributed by atoms with E-state index in [-0.39, 0.29) is 15.3 Å². The van der Waals surface area contributed by atoms with E-state index in [0.29, 0.717) is 28.4 Å². The predicted octanol–water partition coefficient (Wildman–Crippen LogP) is 2.42. The van der Waals surface area contributed by atoms with E-state index in [0.717, 1.165) is 11.3 Å². The SMILES string of the molecule is COc1ccc(Oc2nnc(S(=O)(=O)Cc3ccc(C(N)=O)cc3)s2)cc1OC. The van der Waals surface area contributed by atoms with Crippen molar-refractivity contribution in [3.05, 3.63) is 53.6 Å². The summed E-state index contributed by atoms with van der Waals surface area (Å²) in [7, 11) is -0.728. The minimum atomic E-state index is -3.74. The molecule has 1 aromatic heterocycles. The van der Waals surface area contributed by atoms with Crippen molar-refractivity contribution in [1.29, 1.82) is 0 Å². The van der Waals surface area contributed by atoms with E-state index in [1.807, 2.05) is 0 Å². The summed E-state index contributed by atoms with van der Waals surface area (Å²) in [6.07, 6.45) is 0. The van der Waals surface area contributed by atoms with Gasteiger partial charge in [0.1, 0.15) is 5.75 Å². The summed E-state index contributed by atoms with van der Waals surface area (Å²) in [4.78, 5) is 11.1. The molecular formula is C18H17N3O6S2. The third kappa shape index (κ3) is 4.81. The first-order valence-electron chi connectivity index (χ1n) is 8.17. The Hall–Kier alpha value is -3.18. The third-order valence-electron chi connectivity index (χ3n) is 3.81. The van der Waals surface area contributed by atoms with Crippen LogP contribution in [0.25, 0.3) is 0 Å². The zero-order chi connectivity index (χ0) is 21.0. The van der Waals surface area contributed by atoms with E-state index in [9.17, 15) is 13.2 Å². The van der Waals surface area contributed by atoms with E-state index < -0.39 is 15.7 Å². The molecule has 0 aliphatic heterocycles. The van der Waals surface area contributed by atoms with Crippen molar-refractivity contribution in [2.24, 2.45) is 5.73 Å². The first-order chi connectivity index (χ1) is 13.8. The van der Waals surface area contributed by atoms with Crippen LogP contribution in [-0.4, -0.2) is 38.7 Å². The Morgan fingerprint density at radius 2 is 1.72 bits per heavy atom. The number of sulfone groups is 1. The average Bonchev–Trinajstić information content (AvgIpc) is 3.17. The van der Waals surface area contributed by atoms with Crippen LogP contribution >= 0.6 is 11.3 Å². The molecule has 0 saturated heterocycles. The summed E-state index contributed by atoms with van der Waals surface area (Å²) in [6, 6.07) is 10.9. The number of hydrogen-bond acceptors (Lipinski definition) is 9. The molecule has 0 aliphatic carbocycles. The van der Waals surface area contributed by atoms with Crippen LogP contribution in [0, 0.1) is 0 Å². The van der Waals surface area contributed by atoms with Crippen molar-refractivity contribution in [3.63, 3.8) is 0 Å². The number of carbonyl (C=O) groups is 1. The fourth-order valence-electron chi connectivity index (χ4n) is 2.39. The number of methoxy groups -OCH3 is 2. The zero-order valence-electron chi connectivity index (χ0n) is 15.5. The zero-order valence-corrected chi connectivity index (χ0v) is 17.1. The van der Waals surface area contributed by atoms with E-state index in [4.69, 9.17) is 19.9 Å². The van der Waals surface area contributed by atoms with Gasteiger partial charge in [0, 0.05) is 11.6 Å². The number of amides is 1. The lowest BCUT2D eigenvalue weighted by atomic mass is 10.1. The number of aromatic nitrogens is 2. The van der Waals surface area contributed by atoms with Crippen molar-refractivity contribution in [2.75, 3.05) is 14.2 Å². The van der Waals surface area contributed by atoms with Gasteiger partial charge in [-0.2, -0.15) is 0 Å². The van der Waals surface area contributed by atoms with Gasteiger partial charge in [0.15, 0.2) is 11.5 Å². The first-order valence-corrected chi connectivity index (χ1v) is 10.6. The van der Waals surface area contributed by atoms with Gasteiger partial charge >= 0.3 is 5.19 Å². The van der Waals surface area contributed by atoms with Crippen LogP contribution in [-0.2, 0) is 15.6 Å². The summed E-state index contributed by atoms with van der Waals surface area (Å²) in [5, 5.41) is 7.59. The summed E-state index contributed by atoms with van der Waals surface area (Å²) < 4.78 is 41.0. The van der Waals surface area contributed by atoms with Gasteiger partial charge in [-0.3, -0.25) is 4.79 Å². The molecule has 3 aromatic rings. The lowest BCUT2D eigenvalue weighted by Gasteiger charge is -2.08. The summed E-state index contributed by atoms with van der Waals surface area (Å²) in [6.45, 7) is 0. The van der Waals surface area contributed by atoms with Gasteiger partial charge in [-0.05, 0) is 41.2 Å². The predicted molar refractivity (Wildman–Crippen MR) is 105 cm³/mol. The molecule has 2 N–H and O–H groups in total. The lowest BCUT2D eigenvalue weighted by molar-refractivity contribution is 0.100. The minimum Gasteiger partial charge on any atom is -0.493 e. The fourth-order valence-corrected chi connectivity index (χ4v) is 4.66. The maximum atomic E-state index is 12.6. The van der Waals surface area contributed by atoms with Crippen molar-refractivity contribution in [2.45, 2.75) is 10.1 Å². The van der Waals surface area contributed by atoms with Crippen LogP contribution in [0.1, 0.15) is 15.9 Å². The molecule has 3 rings (SSSR count). The molecule has 0 radical (unpaired) electrons. The van der Waals surface area contributed by atoms with Crippen molar-refractivity contribution in [1.82, 2.24) is 10.2 Å². The van der Waals surface area contributed by atoms with Crippen molar-refractivity contribution >= 4 is 27.1 Å². The van der Waals surface area contributed by atoms with Gasteiger partial charge in [-0.25, -0.2) is 8.42 Å². The average molecular weight is 435 g/mol. The van der Waals surface area contributed by atoms with Gasteiger partial charge in [-0.15, -0.1) is 5.10 Å². The van der Waals surface area contributed by atoms with Crippen LogP contribution in [0.5, 0.6) is 22.4 Å². The van der Waals surface area contributed by atoms with Crippen LogP contribution in [0.3, 0.4) is 0 Å². The number of hydrogen-bond donors (Lipinski definition) is 1. The molecule has 0 spiro atoms. The van der Waals surface area contributed by atoms with Crippen LogP contribution in [0.4, 0.5) is 0 Å². The van der Waals surface area contributed by atoms with Gasteiger partial charge in [0.05, 0.1) is 20.0 Å². The van der Waals surface area contributed by atoms with Gasteiger partial charge < -0.3 is 19.9 Å². The maximum absolute atomic E-state index is 12.6. The second kappa shape index (κ2) is 8.45. The van der Waals surface area contributed by atoms with Crippen LogP contribution < -0.4 is 19.9 Å². The summed E-state index contributed by atoms with van der Waals surface area (Å²) in [5.41, 5.74) is 5.97. The van der Waals surface area contributed by atoms with Gasteiger partial charge in [0.2, 0.25) is 20.1 Å². The summed E-state index contributed by atoms with van der Waals surface area (Å²) in [5.74, 6) is 0.506. The number of nitrogens with two attached hydrogens (primary N) is 1. The summed E-state index contributed by atoms with van der Waals surface area (Å²) >= 11 is 0.807. The molecule has 0 fully saturated rings. The Balaban J connectivity index is 1.75. The Morgan fingerprint density at radius 3 is 2.34 bits per heavy atom. The topological polar surface area (TPSA) is 131 Å². The molecule has 0 saturated carbocycles. The number of carbonyl (C=O) groups excluding carboxylic acids is 1. The van der Waals surface area contributed by atoms with Gasteiger partial charge in [0.25, 0.3) is 0 Å². The van der Waals surface area contributed by atoms with Gasteiger partial charge in [-0.1, -0.05) is 17.2 Å². The van der Waals surface area contributed by atoms with Crippen molar-refractivity contribution in [3.8, 4) is 22.4 Å². The molecular weight excluding hydrogens is 418 g/mol. The fraction of sp³-hybridized carbons (Fsp3) is 0.167. The van der Waals surface area contributed by atoms with Crippen LogP contribution in [0.2, 0.25) is 0 Å². The first kappa shape index (κ1) is 20.6. The van der Waals surface area contributed by atoms with E-state index in [2.05, 4.69) is 10.2 Å². The Bertz CT molecular complexity index is 1130. The Morgan fingerprint density at radius 1 is 1.03 bits per heavy atom. The highest BCUT2D eigenvalue weighted by atomic mass is 32.2. The monoisotopic (exact) mass is 435 g/mol. The maximum Gasteiger partial charge on any atom is 0.300 e. The molecule has 9 nitrogen and oxygen atoms in total. The molecule has 29 heavy (non-hydrogen) atoms. The quantitative estimate of drug-likeness (QED) is 0.571. The smallest absolute Gasteiger partial charge is 0.300 e. The molecule has 1 heterocycles. The molecule has 152 valence electrons. The largest absolute Gasteiger partial charge is 0.493 e. The second-order valence-corrected chi connectivity index (χ2v) is 8.88. The highest BCUT2D eigenvalue weighted by Gasteiger charge is 2.22. The van der Waals surface area contributed by atoms with Crippen molar-refractivity contribution < 1.29 is 27.4 Å². The minimum absolute atomic E-state index is 0.0693. The Labute approximate surface area is 171 Å². The molecule has 0 unspecified atom stereocenters. The lowest BCUT2D eigenvalue weighted by Crippen LogP contribution is -2.11. The normalized spacial score (nSPS) is 11.1. The highest BCUT2D eigenvalue weighted by Crippen LogP contribution is 2.34. The number of primary amides is 1. The van der Waals surface area contributed by atoms with E-state index in [1.54, 1.807) is 18.2 Å². The molecule has 0 bridgehead atoms. The standard InChI is InChI=1S/C18H17N3O6S2/c1-25-14-8-7-13(9-15(14)26-2)27-17-20-21-18(28-17)29(23,24)10-11-3-5-12(6-4-11)16(19)22/h3-9H,10H2,1-2H3,(H2,19,22). The Kier molecular flexibility index (Phi) is 5.99. The molecule has 0 atom stereocenters. The van der Waals surface area contributed by atoms with E-state index >= 15 is 0 Å². The number of ether oxygens (including phenoxy) is 3. The molecule has 1 amide bonds. The number of nitrogens with zero attached hydrogens (tertiary/aromatic N) is 2. The number of benzene rings is 2. The highest BCUT2D eigenvalue weighted by molar-refractivity contribution is 7.92. The number of rotatable bonds is 8. The third-order valence-corrected chi connectivity index (χ3v) is 6.74. The molecule has 2 aromatic carbocycles. The second-order valence-electron chi connectivity index (χ2n) is 5.77. The molecule has 0 aliphatic rings. The van der Waals surface area contributed by atoms with E-state index in [1.165, 1.54) is 38.5 Å². The molecule has 11 heteroatoms. The van der Waals surface area contributed by atoms with Crippen LogP contribution in [0.15, 0.2) is 46.8 Å².